The number of carboxylic acids is 1. The first-order chi connectivity index (χ1) is 14.4. The van der Waals surface area contributed by atoms with Crippen LogP contribution in [0.15, 0.2) is 12.1 Å². The van der Waals surface area contributed by atoms with Gasteiger partial charge in [-0.15, -0.1) is 0 Å². The zero-order valence-electron chi connectivity index (χ0n) is 19.6. The van der Waals surface area contributed by atoms with Crippen LogP contribution in [0.5, 0.6) is 5.75 Å². The van der Waals surface area contributed by atoms with E-state index in [0.717, 1.165) is 12.3 Å². The van der Waals surface area contributed by atoms with Gasteiger partial charge in [0.1, 0.15) is 11.8 Å². The summed E-state index contributed by atoms with van der Waals surface area (Å²) in [6.45, 7) is 12.0. The number of nitrogens with two attached hydrogens (primary N) is 1. The SMILES string of the molecule is Cc1cc(OC(=O)CC(N)C(=O)O)cc2c1C1(C)CCC3C(C)(C)CCC[C@]3(C)[C@H]1C2. The third-order valence-electron chi connectivity index (χ3n) is 9.11. The lowest BCUT2D eigenvalue weighted by atomic mass is 9.43. The average Bonchev–Trinajstić information content (AvgIpc) is 2.94. The summed E-state index contributed by atoms with van der Waals surface area (Å²) < 4.78 is 5.51. The molecule has 0 heterocycles. The van der Waals surface area contributed by atoms with E-state index in [1.165, 1.54) is 48.8 Å². The van der Waals surface area contributed by atoms with Gasteiger partial charge in [-0.3, -0.25) is 9.59 Å². The van der Waals surface area contributed by atoms with E-state index < -0.39 is 18.0 Å². The van der Waals surface area contributed by atoms with Gasteiger partial charge in [-0.2, -0.15) is 0 Å². The highest BCUT2D eigenvalue weighted by atomic mass is 16.5. The Hall–Kier alpha value is -1.88. The first kappa shape index (κ1) is 22.3. The van der Waals surface area contributed by atoms with E-state index in [4.69, 9.17) is 15.6 Å². The Morgan fingerprint density at radius 3 is 2.55 bits per heavy atom. The third kappa shape index (κ3) is 3.49. The molecule has 0 spiro atoms. The molecular formula is C26H37NO4. The number of rotatable bonds is 4. The van der Waals surface area contributed by atoms with Crippen molar-refractivity contribution in [1.82, 2.24) is 0 Å². The molecule has 0 saturated heterocycles. The van der Waals surface area contributed by atoms with Crippen LogP contribution in [0, 0.1) is 29.6 Å². The van der Waals surface area contributed by atoms with Crippen LogP contribution in [0.1, 0.15) is 82.9 Å². The van der Waals surface area contributed by atoms with Crippen molar-refractivity contribution in [3.63, 3.8) is 0 Å². The summed E-state index contributed by atoms with van der Waals surface area (Å²) in [5.74, 6) is 0.0515. The number of carboxylic acid groups (broad SMARTS) is 1. The van der Waals surface area contributed by atoms with Crippen LogP contribution in [0.25, 0.3) is 0 Å². The highest BCUT2D eigenvalue weighted by Crippen LogP contribution is 2.67. The van der Waals surface area contributed by atoms with Gasteiger partial charge in [-0.05, 0) is 95.9 Å². The van der Waals surface area contributed by atoms with Crippen molar-refractivity contribution < 1.29 is 19.4 Å². The molecule has 31 heavy (non-hydrogen) atoms. The lowest BCUT2D eigenvalue weighted by Gasteiger charge is -2.61. The molecule has 4 rings (SSSR count). The number of benzene rings is 1. The van der Waals surface area contributed by atoms with Crippen LogP contribution < -0.4 is 10.5 Å². The van der Waals surface area contributed by atoms with Gasteiger partial charge in [-0.1, -0.05) is 34.1 Å². The molecule has 2 saturated carbocycles. The molecule has 170 valence electrons. The normalized spacial score (nSPS) is 34.3. The van der Waals surface area contributed by atoms with E-state index in [-0.39, 0.29) is 11.8 Å². The first-order valence-corrected chi connectivity index (χ1v) is 11.7. The summed E-state index contributed by atoms with van der Waals surface area (Å²) in [5, 5.41) is 8.94. The van der Waals surface area contributed by atoms with Crippen molar-refractivity contribution >= 4 is 11.9 Å². The Morgan fingerprint density at radius 1 is 1.16 bits per heavy atom. The zero-order valence-corrected chi connectivity index (χ0v) is 19.6. The molecule has 5 atom stereocenters. The van der Waals surface area contributed by atoms with Crippen LogP contribution in [0.4, 0.5) is 0 Å². The van der Waals surface area contributed by atoms with E-state index in [1.807, 2.05) is 12.1 Å². The summed E-state index contributed by atoms with van der Waals surface area (Å²) in [6.07, 6.45) is 7.09. The number of aliphatic carboxylic acids is 1. The fraction of sp³-hybridized carbons (Fsp3) is 0.692. The predicted octanol–water partition coefficient (Wildman–Crippen LogP) is 4.76. The quantitative estimate of drug-likeness (QED) is 0.534. The van der Waals surface area contributed by atoms with Gasteiger partial charge in [0.15, 0.2) is 0 Å². The highest BCUT2D eigenvalue weighted by molar-refractivity contribution is 5.82. The minimum atomic E-state index is -1.24. The van der Waals surface area contributed by atoms with Gasteiger partial charge in [0.2, 0.25) is 0 Å². The van der Waals surface area contributed by atoms with Crippen LogP contribution in [-0.2, 0) is 21.4 Å². The van der Waals surface area contributed by atoms with Crippen molar-refractivity contribution in [2.75, 3.05) is 0 Å². The predicted molar refractivity (Wildman–Crippen MR) is 120 cm³/mol. The van der Waals surface area contributed by atoms with Crippen LogP contribution >= 0.6 is 0 Å². The highest BCUT2D eigenvalue weighted by Gasteiger charge is 2.61. The van der Waals surface area contributed by atoms with Crippen LogP contribution in [-0.4, -0.2) is 23.1 Å². The summed E-state index contributed by atoms with van der Waals surface area (Å²) in [7, 11) is 0. The smallest absolute Gasteiger partial charge is 0.321 e. The average molecular weight is 428 g/mol. The van der Waals surface area contributed by atoms with Crippen molar-refractivity contribution in [3.05, 3.63) is 28.8 Å². The molecule has 3 unspecified atom stereocenters. The molecule has 3 N–H and O–H groups in total. The monoisotopic (exact) mass is 427 g/mol. The summed E-state index contributed by atoms with van der Waals surface area (Å²) in [4.78, 5) is 23.1. The zero-order chi connectivity index (χ0) is 22.8. The number of esters is 1. The molecule has 3 aliphatic carbocycles. The molecular weight excluding hydrogens is 390 g/mol. The lowest BCUT2D eigenvalue weighted by Crippen LogP contribution is -2.55. The van der Waals surface area contributed by atoms with E-state index in [9.17, 15) is 9.59 Å². The summed E-state index contributed by atoms with van der Waals surface area (Å²) >= 11 is 0. The maximum atomic E-state index is 12.2. The van der Waals surface area contributed by atoms with Gasteiger partial charge in [-0.25, -0.2) is 0 Å². The second-order valence-electron chi connectivity index (χ2n) is 11.5. The number of carbonyl (C=O) groups excluding carboxylic acids is 1. The molecule has 3 aliphatic rings. The number of ether oxygens (including phenoxy) is 1. The molecule has 5 nitrogen and oxygen atoms in total. The summed E-state index contributed by atoms with van der Waals surface area (Å²) in [5.41, 5.74) is 10.3. The molecule has 1 aromatic rings. The van der Waals surface area contributed by atoms with E-state index in [1.54, 1.807) is 0 Å². The van der Waals surface area contributed by atoms with Gasteiger partial charge in [0.25, 0.3) is 0 Å². The van der Waals surface area contributed by atoms with Gasteiger partial charge in [0, 0.05) is 0 Å². The fourth-order valence-electron chi connectivity index (χ4n) is 7.93. The van der Waals surface area contributed by atoms with Crippen molar-refractivity contribution in [2.24, 2.45) is 28.4 Å². The minimum Gasteiger partial charge on any atom is -0.480 e. The van der Waals surface area contributed by atoms with E-state index >= 15 is 0 Å². The van der Waals surface area contributed by atoms with Crippen LogP contribution in [0.2, 0.25) is 0 Å². The maximum Gasteiger partial charge on any atom is 0.321 e. The Balaban J connectivity index is 1.63. The number of hydrogen-bond donors (Lipinski definition) is 2. The molecule has 0 amide bonds. The topological polar surface area (TPSA) is 89.6 Å². The van der Waals surface area contributed by atoms with Crippen LogP contribution in [0.3, 0.4) is 0 Å². The Labute approximate surface area is 185 Å². The largest absolute Gasteiger partial charge is 0.480 e. The molecule has 0 bridgehead atoms. The second-order valence-corrected chi connectivity index (χ2v) is 11.5. The van der Waals surface area contributed by atoms with Gasteiger partial charge < -0.3 is 15.6 Å². The fourth-order valence-corrected chi connectivity index (χ4v) is 7.93. The van der Waals surface area contributed by atoms with Gasteiger partial charge in [0.05, 0.1) is 6.42 Å². The summed E-state index contributed by atoms with van der Waals surface area (Å²) in [6, 6.07) is 2.72. The van der Waals surface area contributed by atoms with Crippen molar-refractivity contribution in [3.8, 4) is 5.75 Å². The molecule has 0 aromatic heterocycles. The third-order valence-corrected chi connectivity index (χ3v) is 9.11. The molecule has 5 heteroatoms. The van der Waals surface area contributed by atoms with E-state index in [0.29, 0.717) is 22.5 Å². The lowest BCUT2D eigenvalue weighted by molar-refractivity contribution is -0.143. The molecule has 0 aliphatic heterocycles. The number of fused-ring (bicyclic) bond motifs is 5. The minimum absolute atomic E-state index is 0.159. The molecule has 0 radical (unpaired) electrons. The molecule has 1 aromatic carbocycles. The Bertz CT molecular complexity index is 922. The first-order valence-electron chi connectivity index (χ1n) is 11.7. The standard InChI is InChI=1S/C26H37NO4/c1-15-11-17(31-21(28)14-18(27)23(29)30)12-16-13-20-25(4)9-6-8-24(2,3)19(25)7-10-26(20,5)22(15)16/h11-12,18-20H,6-10,13-14,27H2,1-5H3,(H,29,30)/t18?,19?,20-,25+,26?/m1/s1. The van der Waals surface area contributed by atoms with Crippen molar-refractivity contribution in [2.45, 2.75) is 91.0 Å². The maximum absolute atomic E-state index is 12.2. The molecule has 2 fully saturated rings. The number of hydrogen-bond acceptors (Lipinski definition) is 4. The van der Waals surface area contributed by atoms with E-state index in [2.05, 4.69) is 34.6 Å². The van der Waals surface area contributed by atoms with Crippen molar-refractivity contribution in [1.29, 1.82) is 0 Å². The second kappa shape index (κ2) is 7.33. The number of aryl methyl sites for hydroxylation is 1. The number of carbonyl (C=O) groups is 2. The Morgan fingerprint density at radius 2 is 1.87 bits per heavy atom. The Kier molecular flexibility index (Phi) is 5.28. The van der Waals surface area contributed by atoms with Gasteiger partial charge >= 0.3 is 11.9 Å².